The van der Waals surface area contributed by atoms with Crippen molar-refractivity contribution >= 4 is 56.8 Å². The van der Waals surface area contributed by atoms with Gasteiger partial charge in [-0.1, -0.05) is 51.8 Å². The average molecular weight is 807 g/mol. The second kappa shape index (κ2) is 16.9. The lowest BCUT2D eigenvalue weighted by atomic mass is 9.81. The maximum atomic E-state index is 6.34. The first-order valence-electron chi connectivity index (χ1n) is 21.8. The van der Waals surface area contributed by atoms with Gasteiger partial charge in [0.05, 0.1) is 45.2 Å². The molecule has 0 saturated heterocycles. The molecule has 5 heterocycles. The van der Waals surface area contributed by atoms with Gasteiger partial charge in [-0.15, -0.1) is 0 Å². The number of hydrogen-bond acceptors (Lipinski definition) is 9. The summed E-state index contributed by atoms with van der Waals surface area (Å²) >= 11 is 0. The van der Waals surface area contributed by atoms with Crippen molar-refractivity contribution in [3.05, 3.63) is 108 Å². The molecule has 60 heavy (non-hydrogen) atoms. The quantitative estimate of drug-likeness (QED) is 0.0919. The van der Waals surface area contributed by atoms with Crippen LogP contribution in [0.15, 0.2) is 79.6 Å². The van der Waals surface area contributed by atoms with E-state index in [2.05, 4.69) is 132 Å². The smallest absolute Gasteiger partial charge is 0.208 e. The van der Waals surface area contributed by atoms with Gasteiger partial charge >= 0.3 is 0 Å². The van der Waals surface area contributed by atoms with E-state index < -0.39 is 0 Å². The number of rotatable bonds is 12. The summed E-state index contributed by atoms with van der Waals surface area (Å²) in [5, 5.41) is 22.6. The first-order valence-corrected chi connectivity index (χ1v) is 21.8. The molecule has 3 aliphatic rings. The third kappa shape index (κ3) is 8.11. The molecule has 0 bridgehead atoms. The van der Waals surface area contributed by atoms with E-state index in [4.69, 9.17) is 20.8 Å². The number of hydrogen-bond donors (Lipinski definition) is 4. The molecule has 0 amide bonds. The molecule has 1 unspecified atom stereocenters. The van der Waals surface area contributed by atoms with Crippen molar-refractivity contribution in [1.29, 1.82) is 0 Å². The highest BCUT2D eigenvalue weighted by Crippen LogP contribution is 2.34. The number of aromatic nitrogens is 6. The third-order valence-electron chi connectivity index (χ3n) is 12.4. The van der Waals surface area contributed by atoms with Gasteiger partial charge in [0.1, 0.15) is 0 Å². The molecule has 12 nitrogen and oxygen atoms in total. The van der Waals surface area contributed by atoms with Gasteiger partial charge in [-0.2, -0.15) is 10.2 Å². The lowest BCUT2D eigenvalue weighted by Crippen LogP contribution is -2.38. The number of nitrogens with zero attached hydrogens (tertiary/aromatic N) is 8. The second-order valence-electron chi connectivity index (χ2n) is 17.1. The molecule has 1 atom stereocenters. The minimum absolute atomic E-state index is 0.0607. The van der Waals surface area contributed by atoms with Crippen LogP contribution in [0.5, 0.6) is 0 Å². The first kappa shape index (κ1) is 40.7. The second-order valence-corrected chi connectivity index (χ2v) is 17.1. The number of likely N-dealkylation sites (N-methyl/N-ethyl adjacent to an activating group) is 1. The zero-order valence-electron chi connectivity index (χ0n) is 36.2. The Morgan fingerprint density at radius 1 is 0.783 bits per heavy atom. The maximum Gasteiger partial charge on any atom is 0.208 e. The Balaban J connectivity index is 1.19. The Morgan fingerprint density at radius 3 is 2.00 bits per heavy atom. The van der Waals surface area contributed by atoms with Crippen LogP contribution in [-0.2, 0) is 32.5 Å². The van der Waals surface area contributed by atoms with Crippen molar-refractivity contribution < 1.29 is 0 Å². The fourth-order valence-electron chi connectivity index (χ4n) is 9.28. The van der Waals surface area contributed by atoms with E-state index in [1.54, 1.807) is 0 Å². The molecule has 3 aromatic heterocycles. The standard InChI is InChI=1S/C48H62N12/c1-10-59-43(23-30(4)55-59)34(8)51-47-53-41-27-38(32(6)49)25-36-17-13-12-14-18-37-26-39(33(7)50-40-21-29(3)22-40)28-42-46(37)58(20-16-15-19-57(47)45(36)41)48(54-42)52-35(9)44-24-31(5)56-60(44)11-2/h15-16,23,25-29,40,44,50H,6-14,17-22,24,49H2,1-5H3,(H,51,53)(H,52,54)/b16-15+. The van der Waals surface area contributed by atoms with Crippen LogP contribution in [0.25, 0.3) is 39.2 Å². The zero-order chi connectivity index (χ0) is 42.2. The Kier molecular flexibility index (Phi) is 11.5. The van der Waals surface area contributed by atoms with Crippen LogP contribution in [0.3, 0.4) is 0 Å². The Hall–Kier alpha value is -6.04. The summed E-state index contributed by atoms with van der Waals surface area (Å²) in [6.07, 6.45) is 12.6. The number of benzene rings is 2. The fraction of sp³-hybridized carbons (Fsp3) is 0.417. The van der Waals surface area contributed by atoms with Crippen molar-refractivity contribution in [2.45, 2.75) is 118 Å². The molecule has 5 N–H and O–H groups in total. The highest BCUT2D eigenvalue weighted by Gasteiger charge is 2.29. The summed E-state index contributed by atoms with van der Waals surface area (Å²) in [5.74, 6) is 2.25. The van der Waals surface area contributed by atoms with Crippen molar-refractivity contribution in [1.82, 2.24) is 39.2 Å². The van der Waals surface area contributed by atoms with Gasteiger partial charge in [0.25, 0.3) is 0 Å². The van der Waals surface area contributed by atoms with Gasteiger partial charge in [0, 0.05) is 61.4 Å². The van der Waals surface area contributed by atoms with E-state index >= 15 is 0 Å². The molecule has 2 aromatic carbocycles. The molecule has 2 aliphatic heterocycles. The molecule has 8 rings (SSSR count). The number of allylic oxidation sites excluding steroid dienone is 2. The summed E-state index contributed by atoms with van der Waals surface area (Å²) in [4.78, 5) is 10.5. The summed E-state index contributed by atoms with van der Waals surface area (Å²) in [6.45, 7) is 31.0. The van der Waals surface area contributed by atoms with Crippen LogP contribution in [0, 0.1) is 12.8 Å². The summed E-state index contributed by atoms with van der Waals surface area (Å²) in [6, 6.07) is 11.4. The predicted octanol–water partition coefficient (Wildman–Crippen LogP) is 9.20. The molecule has 5 aromatic rings. The Labute approximate surface area is 354 Å². The summed E-state index contributed by atoms with van der Waals surface area (Å²) in [5.41, 5.74) is 21.0. The number of anilines is 2. The van der Waals surface area contributed by atoms with Gasteiger partial charge in [-0.05, 0) is 125 Å². The average Bonchev–Trinajstić information content (AvgIpc) is 3.97. The van der Waals surface area contributed by atoms with Gasteiger partial charge < -0.3 is 30.8 Å². The van der Waals surface area contributed by atoms with E-state index in [1.165, 1.54) is 24.0 Å². The Morgan fingerprint density at radius 2 is 1.40 bits per heavy atom. The van der Waals surface area contributed by atoms with Crippen molar-refractivity contribution in [3.63, 3.8) is 0 Å². The third-order valence-corrected chi connectivity index (χ3v) is 12.4. The molecular formula is C48H62N12. The molecule has 1 fully saturated rings. The molecular weight excluding hydrogens is 745 g/mol. The molecule has 0 radical (unpaired) electrons. The number of aryl methyl sites for hydroxylation is 4. The van der Waals surface area contributed by atoms with Crippen LogP contribution in [-0.4, -0.2) is 58.2 Å². The molecule has 12 heteroatoms. The lowest BCUT2D eigenvalue weighted by Gasteiger charge is -2.34. The molecule has 314 valence electrons. The normalized spacial score (nSPS) is 19.9. The van der Waals surface area contributed by atoms with Gasteiger partial charge in [-0.3, -0.25) is 9.69 Å². The van der Waals surface area contributed by atoms with Crippen LogP contribution >= 0.6 is 0 Å². The van der Waals surface area contributed by atoms with Crippen LogP contribution in [0.4, 0.5) is 11.9 Å². The van der Waals surface area contributed by atoms with E-state index in [-0.39, 0.29) is 6.04 Å². The van der Waals surface area contributed by atoms with Gasteiger partial charge in [-0.25, -0.2) is 9.97 Å². The van der Waals surface area contributed by atoms with E-state index in [9.17, 15) is 0 Å². The first-order chi connectivity index (χ1) is 28.9. The molecule has 0 spiro atoms. The largest absolute Gasteiger partial charge is 0.399 e. The summed E-state index contributed by atoms with van der Waals surface area (Å²) < 4.78 is 6.56. The topological polar surface area (TPSA) is 131 Å². The number of nitrogens with two attached hydrogens (primary N) is 1. The minimum Gasteiger partial charge on any atom is -0.399 e. The fourth-order valence-corrected chi connectivity index (χ4v) is 9.28. The van der Waals surface area contributed by atoms with Crippen LogP contribution < -0.4 is 21.7 Å². The number of hydrazone groups is 1. The predicted molar refractivity (Wildman–Crippen MR) is 249 cm³/mol. The highest BCUT2D eigenvalue weighted by molar-refractivity contribution is 5.89. The number of nitrogens with one attached hydrogen (secondary N) is 3. The maximum absolute atomic E-state index is 6.34. The van der Waals surface area contributed by atoms with Gasteiger partial charge in [0.15, 0.2) is 0 Å². The van der Waals surface area contributed by atoms with Crippen LogP contribution in [0.1, 0.15) is 99.9 Å². The van der Waals surface area contributed by atoms with E-state index in [0.29, 0.717) is 30.8 Å². The zero-order valence-corrected chi connectivity index (χ0v) is 36.2. The molecule has 1 aliphatic carbocycles. The highest BCUT2D eigenvalue weighted by atomic mass is 15.5. The molecule has 1 saturated carbocycles. The van der Waals surface area contributed by atoms with Crippen molar-refractivity contribution in [3.8, 4) is 0 Å². The minimum atomic E-state index is 0.0607. The van der Waals surface area contributed by atoms with Gasteiger partial charge in [0.2, 0.25) is 11.9 Å². The van der Waals surface area contributed by atoms with E-state index in [1.807, 2.05) is 11.6 Å². The Bertz CT molecular complexity index is 2550. The SMILES string of the molecule is C=C(N)c1cc2c3c(c1)nc(NC(=C)c1cc(C)nn1CC)n3C/C=C/Cn1c(NC(=C)C3CC(C)=NN3CC)nc3cc(C(=C)NC4CC(C)C4)cc(c31)CCCCC2. The van der Waals surface area contributed by atoms with Crippen molar-refractivity contribution in [2.24, 2.45) is 16.8 Å². The lowest BCUT2D eigenvalue weighted by molar-refractivity contribution is 0.265. The monoisotopic (exact) mass is 807 g/mol. The van der Waals surface area contributed by atoms with Crippen molar-refractivity contribution in [2.75, 3.05) is 17.2 Å². The van der Waals surface area contributed by atoms with Crippen LogP contribution in [0.2, 0.25) is 0 Å². The summed E-state index contributed by atoms with van der Waals surface area (Å²) in [7, 11) is 0. The van der Waals surface area contributed by atoms with E-state index in [0.717, 1.165) is 131 Å². The number of imidazole rings is 2.